The SMILES string of the molecule is COCCOc1cc(-c2cccc(NS(=O)(=O)c3cc(C)c(Cl)cc3C)c2)ccc1C(=O)N[C@@H](CO)C(=O)O. The van der Waals surface area contributed by atoms with Gasteiger partial charge in [-0.15, -0.1) is 0 Å². The Morgan fingerprint density at radius 3 is 2.38 bits per heavy atom. The number of carboxylic acid groups (broad SMARTS) is 1. The average molecular weight is 577 g/mol. The number of nitrogens with one attached hydrogen (secondary N) is 2. The molecule has 1 atom stereocenters. The molecule has 0 unspecified atom stereocenters. The Morgan fingerprint density at radius 2 is 1.72 bits per heavy atom. The minimum atomic E-state index is -3.91. The van der Waals surface area contributed by atoms with Crippen molar-refractivity contribution in [2.24, 2.45) is 0 Å². The van der Waals surface area contributed by atoms with Crippen LogP contribution >= 0.6 is 11.6 Å². The van der Waals surface area contributed by atoms with E-state index in [9.17, 15) is 23.1 Å². The fourth-order valence-electron chi connectivity index (χ4n) is 3.68. The Morgan fingerprint density at radius 1 is 1.00 bits per heavy atom. The molecule has 0 fully saturated rings. The van der Waals surface area contributed by atoms with E-state index >= 15 is 0 Å². The van der Waals surface area contributed by atoms with Gasteiger partial charge in [0, 0.05) is 17.8 Å². The Balaban J connectivity index is 1.94. The number of sulfonamides is 1. The van der Waals surface area contributed by atoms with Crippen LogP contribution in [0.1, 0.15) is 21.5 Å². The molecule has 0 aliphatic heterocycles. The molecule has 3 aromatic carbocycles. The molecule has 0 saturated heterocycles. The van der Waals surface area contributed by atoms with Crippen molar-refractivity contribution in [3.8, 4) is 16.9 Å². The van der Waals surface area contributed by atoms with Gasteiger partial charge in [0.15, 0.2) is 6.04 Å². The second-order valence-corrected chi connectivity index (χ2v) is 10.7. The number of amides is 1. The van der Waals surface area contributed by atoms with E-state index in [4.69, 9.17) is 26.2 Å². The fraction of sp³-hybridized carbons (Fsp3) is 0.259. The second kappa shape index (κ2) is 12.9. The average Bonchev–Trinajstić information content (AvgIpc) is 2.89. The van der Waals surface area contributed by atoms with Gasteiger partial charge in [-0.2, -0.15) is 0 Å². The van der Waals surface area contributed by atoms with Gasteiger partial charge in [-0.25, -0.2) is 13.2 Å². The zero-order chi connectivity index (χ0) is 28.7. The van der Waals surface area contributed by atoms with Crippen LogP contribution in [-0.2, 0) is 19.6 Å². The van der Waals surface area contributed by atoms with Gasteiger partial charge >= 0.3 is 5.97 Å². The molecule has 12 heteroatoms. The van der Waals surface area contributed by atoms with Gasteiger partial charge in [0.2, 0.25) is 0 Å². The lowest BCUT2D eigenvalue weighted by Gasteiger charge is -2.16. The molecule has 0 aromatic heterocycles. The summed E-state index contributed by atoms with van der Waals surface area (Å²) in [5.74, 6) is -1.97. The van der Waals surface area contributed by atoms with Gasteiger partial charge in [0.25, 0.3) is 15.9 Å². The second-order valence-electron chi connectivity index (χ2n) is 8.65. The fourth-order valence-corrected chi connectivity index (χ4v) is 5.26. The molecule has 0 spiro atoms. The Hall–Kier alpha value is -3.64. The molecule has 0 aliphatic rings. The van der Waals surface area contributed by atoms with Crippen molar-refractivity contribution < 1.29 is 37.7 Å². The summed E-state index contributed by atoms with van der Waals surface area (Å²) in [5.41, 5.74) is 2.75. The number of anilines is 1. The Kier molecular flexibility index (Phi) is 9.92. The first-order chi connectivity index (χ1) is 18.5. The molecule has 3 rings (SSSR count). The van der Waals surface area contributed by atoms with Crippen molar-refractivity contribution in [3.63, 3.8) is 0 Å². The van der Waals surface area contributed by atoms with E-state index in [1.165, 1.54) is 19.2 Å². The van der Waals surface area contributed by atoms with Gasteiger partial charge in [-0.05, 0) is 72.5 Å². The maximum atomic E-state index is 13.1. The maximum Gasteiger partial charge on any atom is 0.328 e. The first kappa shape index (κ1) is 29.9. The number of aliphatic carboxylic acids is 1. The van der Waals surface area contributed by atoms with Gasteiger partial charge < -0.3 is 25.0 Å². The summed E-state index contributed by atoms with van der Waals surface area (Å²) in [7, 11) is -2.42. The van der Waals surface area contributed by atoms with Crippen LogP contribution < -0.4 is 14.8 Å². The highest BCUT2D eigenvalue weighted by Gasteiger charge is 2.23. The number of carboxylic acids is 1. The van der Waals surface area contributed by atoms with Gasteiger partial charge in [-0.3, -0.25) is 9.52 Å². The number of carbonyl (C=O) groups is 2. The highest BCUT2D eigenvalue weighted by Crippen LogP contribution is 2.31. The van der Waals surface area contributed by atoms with Crippen molar-refractivity contribution in [1.29, 1.82) is 0 Å². The predicted octanol–water partition coefficient (Wildman–Crippen LogP) is 3.63. The predicted molar refractivity (Wildman–Crippen MR) is 147 cm³/mol. The van der Waals surface area contributed by atoms with E-state index in [1.807, 2.05) is 0 Å². The van der Waals surface area contributed by atoms with E-state index in [2.05, 4.69) is 10.0 Å². The quantitative estimate of drug-likeness (QED) is 0.239. The first-order valence-electron chi connectivity index (χ1n) is 11.8. The van der Waals surface area contributed by atoms with Crippen LogP contribution in [0, 0.1) is 13.8 Å². The van der Waals surface area contributed by atoms with Crippen LogP contribution in [0.25, 0.3) is 11.1 Å². The molecule has 10 nitrogen and oxygen atoms in total. The van der Waals surface area contributed by atoms with Crippen molar-refractivity contribution >= 4 is 39.2 Å². The number of aryl methyl sites for hydroxylation is 2. The van der Waals surface area contributed by atoms with E-state index in [0.29, 0.717) is 33.0 Å². The van der Waals surface area contributed by atoms with E-state index in [0.717, 1.165) is 0 Å². The lowest BCUT2D eigenvalue weighted by atomic mass is 10.0. The molecule has 4 N–H and O–H groups in total. The standard InChI is InChI=1S/C27H29ClN2O8S/c1-16-12-25(17(2)11-22(16)28)39(35,36)30-20-6-4-5-18(13-20)19-7-8-21(24(14-19)38-10-9-37-3)26(32)29-23(15-31)27(33)34/h4-8,11-14,23,30-31H,9-10,15H2,1-3H3,(H,29,32)(H,33,34)/t23-/m0/s1. The maximum absolute atomic E-state index is 13.1. The third kappa shape index (κ3) is 7.48. The van der Waals surface area contributed by atoms with Gasteiger partial charge in [0.05, 0.1) is 23.7 Å². The summed E-state index contributed by atoms with van der Waals surface area (Å²) in [4.78, 5) is 24.1. The molecule has 39 heavy (non-hydrogen) atoms. The number of methoxy groups -OCH3 is 1. The molecule has 3 aromatic rings. The summed E-state index contributed by atoms with van der Waals surface area (Å²) in [6, 6.07) is 13.0. The third-order valence-electron chi connectivity index (χ3n) is 5.75. The summed E-state index contributed by atoms with van der Waals surface area (Å²) in [6.07, 6.45) is 0. The molecule has 0 saturated carbocycles. The smallest absolute Gasteiger partial charge is 0.328 e. The van der Waals surface area contributed by atoms with Crippen LogP contribution in [-0.4, -0.2) is 63.5 Å². The van der Waals surface area contributed by atoms with Gasteiger partial charge in [-0.1, -0.05) is 29.8 Å². The summed E-state index contributed by atoms with van der Waals surface area (Å²) in [6.45, 7) is 2.96. The third-order valence-corrected chi connectivity index (χ3v) is 7.68. The molecule has 0 heterocycles. The normalized spacial score (nSPS) is 12.0. The lowest BCUT2D eigenvalue weighted by Crippen LogP contribution is -2.43. The number of ether oxygens (including phenoxy) is 2. The Labute approximate surface area is 231 Å². The monoisotopic (exact) mass is 576 g/mol. The topological polar surface area (TPSA) is 151 Å². The van der Waals surface area contributed by atoms with Crippen molar-refractivity contribution in [1.82, 2.24) is 5.32 Å². The number of aliphatic hydroxyl groups is 1. The zero-order valence-corrected chi connectivity index (χ0v) is 23.1. The Bertz CT molecular complexity index is 1480. The van der Waals surface area contributed by atoms with Crippen LogP contribution in [0.5, 0.6) is 5.75 Å². The highest BCUT2D eigenvalue weighted by molar-refractivity contribution is 7.92. The van der Waals surface area contributed by atoms with E-state index < -0.39 is 34.5 Å². The number of rotatable bonds is 12. The number of aliphatic hydroxyl groups excluding tert-OH is 1. The molecule has 0 radical (unpaired) electrons. The van der Waals surface area contributed by atoms with Gasteiger partial charge in [0.1, 0.15) is 12.4 Å². The van der Waals surface area contributed by atoms with E-state index in [1.54, 1.807) is 56.3 Å². The lowest BCUT2D eigenvalue weighted by molar-refractivity contribution is -0.140. The first-order valence-corrected chi connectivity index (χ1v) is 13.6. The minimum Gasteiger partial charge on any atom is -0.490 e. The van der Waals surface area contributed by atoms with Crippen molar-refractivity contribution in [3.05, 3.63) is 76.3 Å². The molecule has 208 valence electrons. The van der Waals surface area contributed by atoms with Crippen molar-refractivity contribution in [2.75, 3.05) is 31.7 Å². The number of hydrogen-bond acceptors (Lipinski definition) is 7. The highest BCUT2D eigenvalue weighted by atomic mass is 35.5. The van der Waals surface area contributed by atoms with Crippen LogP contribution in [0.15, 0.2) is 59.5 Å². The van der Waals surface area contributed by atoms with Crippen molar-refractivity contribution in [2.45, 2.75) is 24.8 Å². The summed E-state index contributed by atoms with van der Waals surface area (Å²) in [5, 5.41) is 21.1. The zero-order valence-electron chi connectivity index (χ0n) is 21.5. The van der Waals surface area contributed by atoms with Crippen LogP contribution in [0.2, 0.25) is 5.02 Å². The number of carbonyl (C=O) groups excluding carboxylic acids is 1. The summed E-state index contributed by atoms with van der Waals surface area (Å²) < 4.78 is 39.6. The molecular weight excluding hydrogens is 548 g/mol. The molecular formula is C27H29ClN2O8S. The number of hydrogen-bond donors (Lipinski definition) is 4. The largest absolute Gasteiger partial charge is 0.490 e. The molecule has 0 bridgehead atoms. The van der Waals surface area contributed by atoms with Crippen LogP contribution in [0.4, 0.5) is 5.69 Å². The number of benzene rings is 3. The summed E-state index contributed by atoms with van der Waals surface area (Å²) >= 11 is 6.12. The van der Waals surface area contributed by atoms with E-state index in [-0.39, 0.29) is 29.4 Å². The molecule has 1 amide bonds. The number of halogens is 1. The van der Waals surface area contributed by atoms with Crippen LogP contribution in [0.3, 0.4) is 0 Å². The minimum absolute atomic E-state index is 0.0555. The molecule has 0 aliphatic carbocycles.